The summed E-state index contributed by atoms with van der Waals surface area (Å²) in [4.78, 5) is 16.0. The number of nitrogens with zero attached hydrogens (tertiary/aromatic N) is 4. The molecule has 300 valence electrons. The Bertz CT molecular complexity index is 3490. The summed E-state index contributed by atoms with van der Waals surface area (Å²) in [7, 11) is 0. The van der Waals surface area contributed by atoms with E-state index in [1.165, 1.54) is 48.3 Å². The van der Waals surface area contributed by atoms with Crippen LogP contribution in [0.3, 0.4) is 0 Å². The molecule has 0 radical (unpaired) electrons. The molecular weight excluding hydrogens is 785 g/mol. The van der Waals surface area contributed by atoms with Crippen LogP contribution in [-0.4, -0.2) is 19.5 Å². The molecule has 0 fully saturated rings. The normalized spacial score (nSPS) is 11.4. The van der Waals surface area contributed by atoms with Crippen molar-refractivity contribution in [1.29, 1.82) is 0 Å². The quantitative estimate of drug-likeness (QED) is 0.168. The molecule has 0 unspecified atom stereocenters. The van der Waals surface area contributed by atoms with Gasteiger partial charge in [0.25, 0.3) is 0 Å². The SMILES string of the molecule is CCC.c1ccc(-c2ccc(-c3nc(-c4ccc(-c5ccccc5)cc4)nc(-n4c5ccc6ccccc6c5c5cccc(-c6cccc7sc8ccccc8c67)c54)n3)cc2)cc1. The molecular formula is C58H42N4S. The Morgan fingerprint density at radius 1 is 0.381 bits per heavy atom. The summed E-state index contributed by atoms with van der Waals surface area (Å²) in [5.74, 6) is 1.79. The fourth-order valence-electron chi connectivity index (χ4n) is 8.87. The number of hydrogen-bond donors (Lipinski definition) is 0. The summed E-state index contributed by atoms with van der Waals surface area (Å²) in [6.45, 7) is 4.25. The van der Waals surface area contributed by atoms with Gasteiger partial charge in [-0.1, -0.05) is 208 Å². The average molecular weight is 827 g/mol. The van der Waals surface area contributed by atoms with E-state index < -0.39 is 0 Å². The van der Waals surface area contributed by atoms with Crippen LogP contribution < -0.4 is 0 Å². The van der Waals surface area contributed by atoms with Gasteiger partial charge in [0.1, 0.15) is 0 Å². The van der Waals surface area contributed by atoms with Gasteiger partial charge < -0.3 is 0 Å². The fourth-order valence-corrected chi connectivity index (χ4v) is 10.0. The summed E-state index contributed by atoms with van der Waals surface area (Å²) in [5, 5.41) is 7.24. The molecule has 0 N–H and O–H groups in total. The fraction of sp³-hybridized carbons (Fsp3) is 0.0517. The maximum atomic E-state index is 5.40. The number of benzene rings is 9. The third-order valence-electron chi connectivity index (χ3n) is 11.7. The summed E-state index contributed by atoms with van der Waals surface area (Å²) in [6.07, 6.45) is 1.25. The first-order valence-corrected chi connectivity index (χ1v) is 22.4. The van der Waals surface area contributed by atoms with Crippen LogP contribution in [0.15, 0.2) is 206 Å². The van der Waals surface area contributed by atoms with Crippen LogP contribution >= 0.6 is 11.3 Å². The molecule has 12 rings (SSSR count). The molecule has 0 saturated carbocycles. The first-order chi connectivity index (χ1) is 31.2. The van der Waals surface area contributed by atoms with E-state index in [-0.39, 0.29) is 0 Å². The first-order valence-electron chi connectivity index (χ1n) is 21.6. The Kier molecular flexibility index (Phi) is 9.87. The standard InChI is InChI=1S/C55H34N4S.C3H8/c1-3-13-35(14-4-1)37-25-29-40(30-26-37)53-56-54(41-31-27-38(28-32-41)36-15-5-2-6-16-36)58-55(57-53)59-47-34-33-39-17-7-8-18-42(39)50(47)46-22-11-21-44(52(46)59)43-20-12-24-49-51(43)45-19-9-10-23-48(45)60-49;1-3-2/h1-34H;3H2,1-2H3. The Balaban J connectivity index is 0.00000144. The van der Waals surface area contributed by atoms with E-state index in [1.807, 2.05) is 23.5 Å². The van der Waals surface area contributed by atoms with Crippen LogP contribution in [0.4, 0.5) is 0 Å². The van der Waals surface area contributed by atoms with Crippen molar-refractivity contribution >= 4 is 64.1 Å². The zero-order chi connectivity index (χ0) is 42.3. The molecule has 0 spiro atoms. The van der Waals surface area contributed by atoms with Crippen molar-refractivity contribution in [2.24, 2.45) is 0 Å². The van der Waals surface area contributed by atoms with Gasteiger partial charge in [-0.3, -0.25) is 4.57 Å². The van der Waals surface area contributed by atoms with Crippen LogP contribution in [0.1, 0.15) is 20.3 Å². The monoisotopic (exact) mass is 826 g/mol. The van der Waals surface area contributed by atoms with Gasteiger partial charge in [-0.2, -0.15) is 9.97 Å². The Morgan fingerprint density at radius 2 is 0.873 bits per heavy atom. The van der Waals surface area contributed by atoms with Gasteiger partial charge in [-0.05, 0) is 56.8 Å². The molecule has 3 aromatic heterocycles. The van der Waals surface area contributed by atoms with Crippen molar-refractivity contribution in [2.75, 3.05) is 0 Å². The van der Waals surface area contributed by atoms with E-state index in [0.717, 1.165) is 55.4 Å². The molecule has 0 amide bonds. The Hall–Kier alpha value is -7.73. The highest BCUT2D eigenvalue weighted by Crippen LogP contribution is 2.45. The number of thiophene rings is 1. The molecule has 0 aliphatic heterocycles. The molecule has 3 heterocycles. The smallest absolute Gasteiger partial charge is 0.238 e. The maximum absolute atomic E-state index is 5.40. The molecule has 4 nitrogen and oxygen atoms in total. The van der Waals surface area contributed by atoms with Crippen molar-refractivity contribution in [3.63, 3.8) is 0 Å². The molecule has 63 heavy (non-hydrogen) atoms. The molecule has 0 saturated heterocycles. The molecule has 0 aliphatic rings. The van der Waals surface area contributed by atoms with Crippen molar-refractivity contribution in [1.82, 2.24) is 19.5 Å². The van der Waals surface area contributed by atoms with E-state index in [4.69, 9.17) is 15.0 Å². The third-order valence-corrected chi connectivity index (χ3v) is 12.8. The summed E-state index contributed by atoms with van der Waals surface area (Å²) >= 11 is 1.84. The van der Waals surface area contributed by atoms with Gasteiger partial charge in [0.15, 0.2) is 11.6 Å². The second kappa shape index (κ2) is 16.3. The van der Waals surface area contributed by atoms with Crippen LogP contribution in [0.5, 0.6) is 0 Å². The molecule has 0 aliphatic carbocycles. The minimum Gasteiger partial charge on any atom is -0.277 e. The topological polar surface area (TPSA) is 43.6 Å². The zero-order valence-corrected chi connectivity index (χ0v) is 35.9. The predicted octanol–water partition coefficient (Wildman–Crippen LogP) is 16.2. The lowest BCUT2D eigenvalue weighted by atomic mass is 9.96. The summed E-state index contributed by atoms with van der Waals surface area (Å²) in [5.41, 5.74) is 10.9. The van der Waals surface area contributed by atoms with Crippen molar-refractivity contribution < 1.29 is 0 Å². The molecule has 0 atom stereocenters. The number of hydrogen-bond acceptors (Lipinski definition) is 4. The van der Waals surface area contributed by atoms with E-state index in [9.17, 15) is 0 Å². The van der Waals surface area contributed by atoms with Crippen molar-refractivity contribution in [3.05, 3.63) is 206 Å². The predicted molar refractivity (Wildman–Crippen MR) is 268 cm³/mol. The van der Waals surface area contributed by atoms with Gasteiger partial charge in [0.05, 0.1) is 11.0 Å². The van der Waals surface area contributed by atoms with Crippen molar-refractivity contribution in [2.45, 2.75) is 20.3 Å². The lowest BCUT2D eigenvalue weighted by Gasteiger charge is -2.14. The maximum Gasteiger partial charge on any atom is 0.238 e. The molecule has 9 aromatic carbocycles. The second-order valence-electron chi connectivity index (χ2n) is 15.9. The first kappa shape index (κ1) is 38.2. The van der Waals surface area contributed by atoms with Crippen molar-refractivity contribution in [3.8, 4) is 62.1 Å². The molecule has 5 heteroatoms. The highest BCUT2D eigenvalue weighted by Gasteiger charge is 2.23. The van der Waals surface area contributed by atoms with E-state index in [1.54, 1.807) is 0 Å². The lowest BCUT2D eigenvalue weighted by molar-refractivity contribution is 0.954. The number of aromatic nitrogens is 4. The minimum absolute atomic E-state index is 0.569. The largest absolute Gasteiger partial charge is 0.277 e. The van der Waals surface area contributed by atoms with E-state index in [0.29, 0.717) is 17.6 Å². The molecule has 12 aromatic rings. The van der Waals surface area contributed by atoms with E-state index >= 15 is 0 Å². The van der Waals surface area contributed by atoms with Gasteiger partial charge in [-0.25, -0.2) is 4.98 Å². The second-order valence-corrected chi connectivity index (χ2v) is 17.0. The zero-order valence-electron chi connectivity index (χ0n) is 35.0. The van der Waals surface area contributed by atoms with Crippen LogP contribution in [0.2, 0.25) is 0 Å². The molecule has 0 bridgehead atoms. The number of para-hydroxylation sites is 1. The van der Waals surface area contributed by atoms with Gasteiger partial charge >= 0.3 is 0 Å². The Labute approximate surface area is 370 Å². The average Bonchev–Trinajstić information content (AvgIpc) is 3.91. The van der Waals surface area contributed by atoms with Gasteiger partial charge in [0, 0.05) is 47.6 Å². The van der Waals surface area contributed by atoms with Gasteiger partial charge in [-0.15, -0.1) is 11.3 Å². The highest BCUT2D eigenvalue weighted by molar-refractivity contribution is 7.25. The van der Waals surface area contributed by atoms with Crippen LogP contribution in [0.25, 0.3) is 115 Å². The number of rotatable bonds is 6. The third kappa shape index (κ3) is 6.84. The van der Waals surface area contributed by atoms with Crippen LogP contribution in [0, 0.1) is 0 Å². The summed E-state index contributed by atoms with van der Waals surface area (Å²) in [6, 6.07) is 73.3. The Morgan fingerprint density at radius 3 is 1.52 bits per heavy atom. The summed E-state index contributed by atoms with van der Waals surface area (Å²) < 4.78 is 4.83. The lowest BCUT2D eigenvalue weighted by Crippen LogP contribution is -2.07. The van der Waals surface area contributed by atoms with E-state index in [2.05, 4.69) is 213 Å². The highest BCUT2D eigenvalue weighted by atomic mass is 32.1. The minimum atomic E-state index is 0.569. The van der Waals surface area contributed by atoms with Gasteiger partial charge in [0.2, 0.25) is 5.95 Å². The number of fused-ring (bicyclic) bond motifs is 8. The van der Waals surface area contributed by atoms with Crippen LogP contribution in [-0.2, 0) is 0 Å².